The van der Waals surface area contributed by atoms with E-state index in [1.807, 2.05) is 6.07 Å². The molecule has 150 valence electrons. The normalized spacial score (nSPS) is 19.7. The van der Waals surface area contributed by atoms with Gasteiger partial charge in [0.15, 0.2) is 10.9 Å². The highest BCUT2D eigenvalue weighted by atomic mass is 32.1. The van der Waals surface area contributed by atoms with Crippen LogP contribution in [0, 0.1) is 0 Å². The van der Waals surface area contributed by atoms with E-state index in [-0.39, 0.29) is 17.8 Å². The van der Waals surface area contributed by atoms with Crippen molar-refractivity contribution < 1.29 is 9.90 Å². The van der Waals surface area contributed by atoms with Gasteiger partial charge in [-0.3, -0.25) is 4.79 Å². The quantitative estimate of drug-likeness (QED) is 0.804. The van der Waals surface area contributed by atoms with E-state index in [0.29, 0.717) is 19.0 Å². The lowest BCUT2D eigenvalue weighted by molar-refractivity contribution is 0.0957. The van der Waals surface area contributed by atoms with Crippen molar-refractivity contribution in [3.63, 3.8) is 0 Å². The number of rotatable bonds is 5. The summed E-state index contributed by atoms with van der Waals surface area (Å²) in [5.74, 6) is 0.254. The molecule has 28 heavy (non-hydrogen) atoms. The zero-order valence-electron chi connectivity index (χ0n) is 16.7. The number of carbonyl (C=O) groups is 1. The third-order valence-corrected chi connectivity index (χ3v) is 7.03. The number of piperidine rings is 1. The first-order valence-electron chi connectivity index (χ1n) is 10.2. The van der Waals surface area contributed by atoms with Crippen molar-refractivity contribution in [3.05, 3.63) is 34.7 Å². The van der Waals surface area contributed by atoms with Crippen molar-refractivity contribution in [2.24, 2.45) is 0 Å². The van der Waals surface area contributed by atoms with Crippen LogP contribution in [0.3, 0.4) is 0 Å². The molecule has 0 spiro atoms. The fourth-order valence-electron chi connectivity index (χ4n) is 4.31. The minimum atomic E-state index is 0.0589. The van der Waals surface area contributed by atoms with Crippen LogP contribution in [0.1, 0.15) is 55.5 Å². The number of benzene rings is 1. The minimum absolute atomic E-state index is 0.0589. The predicted molar refractivity (Wildman–Crippen MR) is 114 cm³/mol. The van der Waals surface area contributed by atoms with Crippen molar-refractivity contribution in [3.8, 4) is 11.3 Å². The summed E-state index contributed by atoms with van der Waals surface area (Å²) in [6, 6.07) is 6.77. The SMILES string of the molecule is CC1(C)CCC(=O)c2cc(-c3csc(N4CCC(NCCO)CC4)n3)ccc21. The number of fused-ring (bicyclic) bond motifs is 1. The zero-order chi connectivity index (χ0) is 19.7. The summed E-state index contributed by atoms with van der Waals surface area (Å²) < 4.78 is 0. The maximum Gasteiger partial charge on any atom is 0.185 e. The molecule has 1 aliphatic heterocycles. The maximum absolute atomic E-state index is 12.5. The summed E-state index contributed by atoms with van der Waals surface area (Å²) in [4.78, 5) is 19.7. The third-order valence-electron chi connectivity index (χ3n) is 6.12. The number of nitrogens with one attached hydrogen (secondary N) is 1. The van der Waals surface area contributed by atoms with E-state index >= 15 is 0 Å². The average molecular weight is 400 g/mol. The molecule has 4 rings (SSSR count). The fraction of sp³-hybridized carbons (Fsp3) is 0.545. The molecule has 6 heteroatoms. The number of aromatic nitrogens is 1. The summed E-state index contributed by atoms with van der Waals surface area (Å²) in [7, 11) is 0. The molecule has 1 saturated heterocycles. The molecule has 0 amide bonds. The number of hydrogen-bond donors (Lipinski definition) is 2. The van der Waals surface area contributed by atoms with Crippen LogP contribution in [0.2, 0.25) is 0 Å². The first-order valence-corrected chi connectivity index (χ1v) is 11.1. The van der Waals surface area contributed by atoms with Crippen LogP contribution in [-0.2, 0) is 5.41 Å². The van der Waals surface area contributed by atoms with Crippen LogP contribution >= 0.6 is 11.3 Å². The number of aliphatic hydroxyl groups excluding tert-OH is 1. The topological polar surface area (TPSA) is 65.5 Å². The van der Waals surface area contributed by atoms with Crippen LogP contribution in [0.15, 0.2) is 23.6 Å². The predicted octanol–water partition coefficient (Wildman–Crippen LogP) is 3.61. The van der Waals surface area contributed by atoms with Gasteiger partial charge >= 0.3 is 0 Å². The van der Waals surface area contributed by atoms with E-state index in [0.717, 1.165) is 54.3 Å². The molecular weight excluding hydrogens is 370 g/mol. The molecule has 2 N–H and O–H groups in total. The second-order valence-electron chi connectivity index (χ2n) is 8.52. The van der Waals surface area contributed by atoms with Crippen molar-refractivity contribution in [1.29, 1.82) is 0 Å². The van der Waals surface area contributed by atoms with Crippen LogP contribution in [-0.4, -0.2) is 48.2 Å². The third kappa shape index (κ3) is 3.86. The van der Waals surface area contributed by atoms with Gasteiger partial charge in [0, 0.05) is 48.6 Å². The molecule has 2 aromatic rings. The van der Waals surface area contributed by atoms with E-state index in [1.54, 1.807) is 11.3 Å². The number of carbonyl (C=O) groups excluding carboxylic acids is 1. The smallest absolute Gasteiger partial charge is 0.185 e. The van der Waals surface area contributed by atoms with E-state index in [1.165, 1.54) is 5.56 Å². The van der Waals surface area contributed by atoms with Crippen molar-refractivity contribution in [2.75, 3.05) is 31.1 Å². The van der Waals surface area contributed by atoms with Crippen LogP contribution < -0.4 is 10.2 Å². The second-order valence-corrected chi connectivity index (χ2v) is 9.36. The van der Waals surface area contributed by atoms with Gasteiger partial charge in [0.2, 0.25) is 0 Å². The Morgan fingerprint density at radius 3 is 2.86 bits per heavy atom. The van der Waals surface area contributed by atoms with Crippen molar-refractivity contribution in [1.82, 2.24) is 10.3 Å². The van der Waals surface area contributed by atoms with Crippen LogP contribution in [0.4, 0.5) is 5.13 Å². The average Bonchev–Trinajstić information content (AvgIpc) is 3.20. The largest absolute Gasteiger partial charge is 0.395 e. The Morgan fingerprint density at radius 2 is 2.11 bits per heavy atom. The zero-order valence-corrected chi connectivity index (χ0v) is 17.5. The van der Waals surface area contributed by atoms with E-state index in [4.69, 9.17) is 10.1 Å². The number of anilines is 1. The molecule has 0 saturated carbocycles. The molecule has 1 fully saturated rings. The van der Waals surface area contributed by atoms with Crippen molar-refractivity contribution in [2.45, 2.75) is 51.0 Å². The summed E-state index contributed by atoms with van der Waals surface area (Å²) in [6.07, 6.45) is 3.68. The number of aliphatic hydroxyl groups is 1. The minimum Gasteiger partial charge on any atom is -0.395 e. The van der Waals surface area contributed by atoms with E-state index < -0.39 is 0 Å². The molecule has 2 heterocycles. The standard InChI is InChI=1S/C22H29N3O2S/c1-22(2)8-5-20(27)17-13-15(3-4-18(17)22)19-14-28-21(24-19)25-10-6-16(7-11-25)23-9-12-26/h3-4,13-14,16,23,26H,5-12H2,1-2H3. The molecule has 0 radical (unpaired) electrons. The lowest BCUT2D eigenvalue weighted by Gasteiger charge is -2.32. The van der Waals surface area contributed by atoms with Gasteiger partial charge in [0.25, 0.3) is 0 Å². The Bertz CT molecular complexity index is 853. The van der Waals surface area contributed by atoms with Crippen molar-refractivity contribution >= 4 is 22.3 Å². The summed E-state index contributed by atoms with van der Waals surface area (Å²) in [5.41, 5.74) is 4.09. The van der Waals surface area contributed by atoms with Crippen LogP contribution in [0.25, 0.3) is 11.3 Å². The van der Waals surface area contributed by atoms with Gasteiger partial charge in [-0.2, -0.15) is 0 Å². The fourth-order valence-corrected chi connectivity index (χ4v) is 5.19. The Labute approximate surface area is 170 Å². The highest BCUT2D eigenvalue weighted by Crippen LogP contribution is 2.39. The lowest BCUT2D eigenvalue weighted by Crippen LogP contribution is -2.43. The first kappa shape index (κ1) is 19.6. The van der Waals surface area contributed by atoms with E-state index in [9.17, 15) is 4.79 Å². The van der Waals surface area contributed by atoms with Gasteiger partial charge in [-0.25, -0.2) is 4.98 Å². The molecule has 0 unspecified atom stereocenters. The van der Waals surface area contributed by atoms with Gasteiger partial charge in [-0.15, -0.1) is 11.3 Å². The highest BCUT2D eigenvalue weighted by Gasteiger charge is 2.32. The summed E-state index contributed by atoms with van der Waals surface area (Å²) in [5, 5.41) is 15.5. The molecule has 1 aromatic heterocycles. The second kappa shape index (κ2) is 7.93. The van der Waals surface area contributed by atoms with Gasteiger partial charge in [0.1, 0.15) is 0 Å². The van der Waals surface area contributed by atoms with Gasteiger partial charge in [-0.05, 0) is 36.3 Å². The highest BCUT2D eigenvalue weighted by molar-refractivity contribution is 7.14. The Morgan fingerprint density at radius 1 is 1.32 bits per heavy atom. The molecule has 0 bridgehead atoms. The molecular formula is C22H29N3O2S. The summed E-state index contributed by atoms with van der Waals surface area (Å²) >= 11 is 1.68. The Balaban J connectivity index is 1.50. The molecule has 5 nitrogen and oxygen atoms in total. The molecule has 0 atom stereocenters. The molecule has 2 aliphatic rings. The molecule has 1 aromatic carbocycles. The number of Topliss-reactive ketones (excluding diaryl/α,β-unsaturated/α-hetero) is 1. The van der Waals surface area contributed by atoms with Crippen LogP contribution in [0.5, 0.6) is 0 Å². The van der Waals surface area contributed by atoms with Gasteiger partial charge < -0.3 is 15.3 Å². The Kier molecular flexibility index (Phi) is 5.54. The number of hydrogen-bond acceptors (Lipinski definition) is 6. The Hall–Kier alpha value is -1.76. The number of nitrogens with zero attached hydrogens (tertiary/aromatic N) is 2. The monoisotopic (exact) mass is 399 g/mol. The maximum atomic E-state index is 12.5. The lowest BCUT2D eigenvalue weighted by atomic mass is 9.72. The van der Waals surface area contributed by atoms with Gasteiger partial charge in [-0.1, -0.05) is 26.0 Å². The summed E-state index contributed by atoms with van der Waals surface area (Å²) in [6.45, 7) is 7.26. The number of ketones is 1. The molecule has 1 aliphatic carbocycles. The van der Waals surface area contributed by atoms with Gasteiger partial charge in [0.05, 0.1) is 12.3 Å². The van der Waals surface area contributed by atoms with E-state index in [2.05, 4.69) is 41.6 Å². The first-order chi connectivity index (χ1) is 13.5. The number of thiazole rings is 1.